The summed E-state index contributed by atoms with van der Waals surface area (Å²) < 4.78 is 41.2. The number of phenols is 2. The van der Waals surface area contributed by atoms with Crippen molar-refractivity contribution >= 4 is 77.6 Å². The van der Waals surface area contributed by atoms with Crippen molar-refractivity contribution in [3.05, 3.63) is 125 Å². The molecule has 302 valence electrons. The third kappa shape index (κ3) is 7.30. The predicted molar refractivity (Wildman–Crippen MR) is 225 cm³/mol. The van der Waals surface area contributed by atoms with Gasteiger partial charge in [0.2, 0.25) is 0 Å². The number of benzene rings is 4. The molecule has 0 fully saturated rings. The zero-order chi connectivity index (χ0) is 40.2. The molecule has 8 aromatic rings. The summed E-state index contributed by atoms with van der Waals surface area (Å²) in [4.78, 5) is 20.4. The Hall–Kier alpha value is -5.47. The third-order valence-corrected chi connectivity index (χ3v) is 10.9. The van der Waals surface area contributed by atoms with Crippen molar-refractivity contribution in [2.75, 3.05) is 0 Å². The first-order valence-electron chi connectivity index (χ1n) is 18.7. The molecule has 2 N–H and O–H groups in total. The van der Waals surface area contributed by atoms with E-state index in [2.05, 4.69) is 41.5 Å². The third-order valence-electron chi connectivity index (χ3n) is 10.9. The average Bonchev–Trinajstić information content (AvgIpc) is 3.84. The van der Waals surface area contributed by atoms with E-state index in [9.17, 15) is 23.4 Å². The standard InChI is InChI=1S/C48H38F3N4O2.2Co/c1-46(2,3)29-21-31-35-17-19-39(52-35)41(25-9-13-28(14-10-25)48(49,50)51)40-20-18-36(53-40)32-22-30(47(4,5)6)24-34(45(32)57)38-16-12-27-8-7-26-11-15-37(33(23-29)44(31)56)54-42(26)43(27)55-38;;/h7-24H,1-6H3,(H2-,52,53,54,55,56,57);;/q-1;;. The number of hydrogen-bond acceptors (Lipinski definition) is 5. The number of hydrogen-bond donors (Lipinski definition) is 2. The van der Waals surface area contributed by atoms with Crippen LogP contribution in [0.3, 0.4) is 0 Å². The van der Waals surface area contributed by atoms with Crippen LogP contribution < -0.4 is 4.98 Å². The van der Waals surface area contributed by atoms with Crippen LogP contribution >= 0.6 is 0 Å². The number of nitrogens with zero attached hydrogens (tertiary/aromatic N) is 4. The normalized spacial score (nSPS) is 12.6. The van der Waals surface area contributed by atoms with Gasteiger partial charge in [0.15, 0.2) is 0 Å². The van der Waals surface area contributed by atoms with Gasteiger partial charge in [0.25, 0.3) is 0 Å². The van der Waals surface area contributed by atoms with Crippen LogP contribution in [-0.2, 0) is 50.6 Å². The number of halogens is 3. The van der Waals surface area contributed by atoms with Gasteiger partial charge in [0, 0.05) is 65.9 Å². The van der Waals surface area contributed by atoms with E-state index >= 15 is 0 Å². The van der Waals surface area contributed by atoms with Gasteiger partial charge in [-0.25, -0.2) is 15.0 Å². The number of fused-ring (bicyclic) bond motifs is 14. The number of phenolic OH excluding ortho intramolecular Hbond substituents is 2. The van der Waals surface area contributed by atoms with Gasteiger partial charge < -0.3 is 15.2 Å². The van der Waals surface area contributed by atoms with Crippen molar-refractivity contribution in [1.82, 2.24) is 19.9 Å². The minimum Gasteiger partial charge on any atom is -0.657 e. The molecule has 9 rings (SSSR count). The molecule has 1 aliphatic heterocycles. The van der Waals surface area contributed by atoms with Crippen molar-refractivity contribution < 1.29 is 56.9 Å². The van der Waals surface area contributed by atoms with Crippen LogP contribution in [0, 0.1) is 0 Å². The summed E-state index contributed by atoms with van der Waals surface area (Å²) in [5, 5.41) is 28.0. The minimum atomic E-state index is -4.52. The second kappa shape index (κ2) is 14.7. The summed E-state index contributed by atoms with van der Waals surface area (Å²) in [5.74, 6) is -0.0153. The zero-order valence-electron chi connectivity index (χ0n) is 32.9. The quantitative estimate of drug-likeness (QED) is 0.160. The van der Waals surface area contributed by atoms with Crippen LogP contribution in [0.5, 0.6) is 11.5 Å². The molecule has 6 nitrogen and oxygen atoms in total. The first-order chi connectivity index (χ1) is 26.9. The monoisotopic (exact) mass is 877 g/mol. The topological polar surface area (TPSA) is 93.2 Å². The van der Waals surface area contributed by atoms with Crippen LogP contribution in [0.25, 0.3) is 88.7 Å². The Morgan fingerprint density at radius 3 is 1.47 bits per heavy atom. The Balaban J connectivity index is 0.00000264. The second-order valence-corrected chi connectivity index (χ2v) is 16.8. The molecule has 0 spiro atoms. The maximum atomic E-state index is 13.7. The molecule has 11 heteroatoms. The number of alkyl halides is 3. The van der Waals surface area contributed by atoms with E-state index in [1.54, 1.807) is 24.3 Å². The molecule has 5 heterocycles. The van der Waals surface area contributed by atoms with Gasteiger partial charge >= 0.3 is 6.18 Å². The van der Waals surface area contributed by atoms with Gasteiger partial charge in [-0.3, -0.25) is 0 Å². The minimum absolute atomic E-state index is 0. The fourth-order valence-corrected chi connectivity index (χ4v) is 7.54. The van der Waals surface area contributed by atoms with Gasteiger partial charge in [-0.15, -0.1) is 11.0 Å². The zero-order valence-corrected chi connectivity index (χ0v) is 35.0. The van der Waals surface area contributed by atoms with E-state index in [4.69, 9.17) is 19.9 Å². The largest absolute Gasteiger partial charge is 0.657 e. The van der Waals surface area contributed by atoms with E-state index in [0.717, 1.165) is 34.0 Å². The molecule has 0 unspecified atom stereocenters. The Bertz CT molecular complexity index is 3160. The van der Waals surface area contributed by atoms with Crippen molar-refractivity contribution in [3.63, 3.8) is 0 Å². The molecule has 4 aromatic heterocycles. The molecular formula is C48H38Co2F3N4O2-. The molecule has 0 amide bonds. The SMILES string of the molecule is CC(C)(C)c1cc2c3nc(c(-c4ccc(C(F)(F)F)cc4)c4ccc([n-]4)c4cc(C(C)(C)C)cc(c4O)c4ccc5ccc6ccc(nc6c5n4)c(c1)c2O)C=C3.[Co].[Co]. The molecule has 1 aliphatic rings. The molecule has 59 heavy (non-hydrogen) atoms. The van der Waals surface area contributed by atoms with E-state index in [-0.39, 0.29) is 55.9 Å². The number of rotatable bonds is 1. The Morgan fingerprint density at radius 1 is 0.492 bits per heavy atom. The van der Waals surface area contributed by atoms with Crippen molar-refractivity contribution in [2.24, 2.45) is 0 Å². The van der Waals surface area contributed by atoms with Gasteiger partial charge in [-0.1, -0.05) is 90.1 Å². The molecule has 12 bridgehead atoms. The summed E-state index contributed by atoms with van der Waals surface area (Å²) in [5.41, 5.74) is 5.66. The Kier molecular flexibility index (Phi) is 10.4. The van der Waals surface area contributed by atoms with Crippen molar-refractivity contribution in [3.8, 4) is 22.6 Å². The van der Waals surface area contributed by atoms with Crippen molar-refractivity contribution in [2.45, 2.75) is 58.5 Å². The summed E-state index contributed by atoms with van der Waals surface area (Å²) in [6, 6.07) is 28.0. The van der Waals surface area contributed by atoms with Crippen LogP contribution in [-0.4, -0.2) is 25.2 Å². The van der Waals surface area contributed by atoms with E-state index in [1.807, 2.05) is 60.7 Å². The van der Waals surface area contributed by atoms with Gasteiger partial charge in [-0.2, -0.15) is 13.2 Å². The van der Waals surface area contributed by atoms with Crippen molar-refractivity contribution in [1.29, 1.82) is 0 Å². The Labute approximate surface area is 359 Å². The number of aromatic hydroxyl groups is 2. The molecule has 0 atom stereocenters. The summed E-state index contributed by atoms with van der Waals surface area (Å²) in [7, 11) is 0. The first-order valence-corrected chi connectivity index (χ1v) is 18.7. The predicted octanol–water partition coefficient (Wildman–Crippen LogP) is 12.6. The average molecular weight is 878 g/mol. The summed E-state index contributed by atoms with van der Waals surface area (Å²) >= 11 is 0. The molecule has 0 saturated heterocycles. The summed E-state index contributed by atoms with van der Waals surface area (Å²) in [6.07, 6.45) is -0.931. The fraction of sp³-hybridized carbons (Fsp3) is 0.188. The molecule has 0 saturated carbocycles. The number of pyridine rings is 2. The maximum Gasteiger partial charge on any atom is 0.416 e. The first kappa shape index (κ1) is 41.7. The van der Waals surface area contributed by atoms with Crippen LogP contribution in [0.2, 0.25) is 0 Å². The number of aromatic nitrogens is 4. The van der Waals surface area contributed by atoms with Gasteiger partial charge in [0.05, 0.1) is 39.0 Å². The van der Waals surface area contributed by atoms with Crippen LogP contribution in [0.4, 0.5) is 13.2 Å². The van der Waals surface area contributed by atoms with Gasteiger partial charge in [0.1, 0.15) is 11.5 Å². The molecule has 0 aliphatic carbocycles. The van der Waals surface area contributed by atoms with Crippen LogP contribution in [0.15, 0.2) is 97.1 Å². The molecular weight excluding hydrogens is 839 g/mol. The molecule has 4 aromatic carbocycles. The summed E-state index contributed by atoms with van der Waals surface area (Å²) in [6.45, 7) is 12.6. The van der Waals surface area contributed by atoms with E-state index in [1.165, 1.54) is 12.1 Å². The fourth-order valence-electron chi connectivity index (χ4n) is 7.54. The van der Waals surface area contributed by atoms with E-state index in [0.29, 0.717) is 77.2 Å². The maximum absolute atomic E-state index is 13.7. The van der Waals surface area contributed by atoms with Crippen LogP contribution in [0.1, 0.15) is 69.6 Å². The Morgan fingerprint density at radius 2 is 0.949 bits per heavy atom. The second-order valence-electron chi connectivity index (χ2n) is 16.8. The molecule has 2 radical (unpaired) electrons. The van der Waals surface area contributed by atoms with Gasteiger partial charge in [-0.05, 0) is 93.8 Å². The van der Waals surface area contributed by atoms with E-state index < -0.39 is 11.7 Å². The smallest absolute Gasteiger partial charge is 0.416 e.